The third-order valence-corrected chi connectivity index (χ3v) is 3.08. The fraction of sp³-hybridized carbons (Fsp3) is 0.417. The highest BCUT2D eigenvalue weighted by Crippen LogP contribution is 2.53. The van der Waals surface area contributed by atoms with Gasteiger partial charge in [-0.15, -0.1) is 0 Å². The van der Waals surface area contributed by atoms with Gasteiger partial charge in [0.25, 0.3) is 0 Å². The number of benzene rings is 1. The zero-order valence-electron chi connectivity index (χ0n) is 9.32. The van der Waals surface area contributed by atoms with E-state index in [1.54, 1.807) is 25.3 Å². The predicted molar refractivity (Wildman–Crippen MR) is 58.1 cm³/mol. The standard InChI is InChI=1S/C12H14O4/c1-15-9-5-3-4-8(10(9)16-2)12(6-7-12)11(13)14/h3-5H,6-7H2,1-2H3,(H,13,14). The highest BCUT2D eigenvalue weighted by Gasteiger charge is 2.53. The minimum atomic E-state index is -0.793. The quantitative estimate of drug-likeness (QED) is 0.844. The van der Waals surface area contributed by atoms with E-state index in [9.17, 15) is 9.90 Å². The van der Waals surface area contributed by atoms with Crippen molar-refractivity contribution in [1.82, 2.24) is 0 Å². The third kappa shape index (κ3) is 1.41. The summed E-state index contributed by atoms with van der Waals surface area (Å²) >= 11 is 0. The Kier molecular flexibility index (Phi) is 2.50. The molecule has 1 fully saturated rings. The maximum atomic E-state index is 11.3. The van der Waals surface area contributed by atoms with Gasteiger partial charge in [0.1, 0.15) is 0 Å². The smallest absolute Gasteiger partial charge is 0.314 e. The van der Waals surface area contributed by atoms with Crippen molar-refractivity contribution in [3.8, 4) is 11.5 Å². The predicted octanol–water partition coefficient (Wildman–Crippen LogP) is 1.82. The SMILES string of the molecule is COc1cccc(C2(C(=O)O)CC2)c1OC. The highest BCUT2D eigenvalue weighted by molar-refractivity contribution is 5.86. The highest BCUT2D eigenvalue weighted by atomic mass is 16.5. The first kappa shape index (κ1) is 10.8. The van der Waals surface area contributed by atoms with Crippen molar-refractivity contribution < 1.29 is 19.4 Å². The molecule has 16 heavy (non-hydrogen) atoms. The van der Waals surface area contributed by atoms with Gasteiger partial charge in [-0.2, -0.15) is 0 Å². The minimum Gasteiger partial charge on any atom is -0.493 e. The van der Waals surface area contributed by atoms with E-state index in [1.807, 2.05) is 0 Å². The summed E-state index contributed by atoms with van der Waals surface area (Å²) in [6.07, 6.45) is 1.32. The van der Waals surface area contributed by atoms with E-state index in [4.69, 9.17) is 9.47 Å². The summed E-state index contributed by atoms with van der Waals surface area (Å²) in [6.45, 7) is 0. The second kappa shape index (κ2) is 3.70. The van der Waals surface area contributed by atoms with Gasteiger partial charge in [-0.1, -0.05) is 12.1 Å². The third-order valence-electron chi connectivity index (χ3n) is 3.08. The van der Waals surface area contributed by atoms with E-state index in [1.165, 1.54) is 7.11 Å². The van der Waals surface area contributed by atoms with E-state index in [2.05, 4.69) is 0 Å². The van der Waals surface area contributed by atoms with Gasteiger partial charge in [-0.05, 0) is 18.9 Å². The monoisotopic (exact) mass is 222 g/mol. The van der Waals surface area contributed by atoms with Crippen LogP contribution in [0.15, 0.2) is 18.2 Å². The lowest BCUT2D eigenvalue weighted by Crippen LogP contribution is -2.20. The topological polar surface area (TPSA) is 55.8 Å². The normalized spacial score (nSPS) is 16.6. The average molecular weight is 222 g/mol. The van der Waals surface area contributed by atoms with Gasteiger partial charge in [-0.25, -0.2) is 0 Å². The fourth-order valence-corrected chi connectivity index (χ4v) is 1.99. The average Bonchev–Trinajstić information content (AvgIpc) is 3.09. The lowest BCUT2D eigenvalue weighted by atomic mass is 9.95. The van der Waals surface area contributed by atoms with Crippen molar-refractivity contribution >= 4 is 5.97 Å². The van der Waals surface area contributed by atoms with Crippen LogP contribution in [0.25, 0.3) is 0 Å². The largest absolute Gasteiger partial charge is 0.493 e. The van der Waals surface area contributed by atoms with Crippen molar-refractivity contribution in [2.24, 2.45) is 0 Å². The molecule has 0 atom stereocenters. The number of ether oxygens (including phenoxy) is 2. The lowest BCUT2D eigenvalue weighted by Gasteiger charge is -2.16. The molecule has 0 amide bonds. The number of methoxy groups -OCH3 is 2. The Morgan fingerprint density at radius 1 is 1.31 bits per heavy atom. The molecule has 0 heterocycles. The maximum absolute atomic E-state index is 11.3. The Labute approximate surface area is 93.8 Å². The van der Waals surface area contributed by atoms with E-state index in [0.29, 0.717) is 29.9 Å². The summed E-state index contributed by atoms with van der Waals surface area (Å²) in [5.74, 6) is 0.316. The molecule has 0 unspecified atom stereocenters. The molecule has 4 nitrogen and oxygen atoms in total. The van der Waals surface area contributed by atoms with Crippen LogP contribution in [-0.4, -0.2) is 25.3 Å². The summed E-state index contributed by atoms with van der Waals surface area (Å²) in [6, 6.07) is 5.35. The van der Waals surface area contributed by atoms with E-state index < -0.39 is 11.4 Å². The molecule has 1 aliphatic rings. The molecule has 0 radical (unpaired) electrons. The second-order valence-electron chi connectivity index (χ2n) is 3.93. The van der Waals surface area contributed by atoms with Crippen molar-refractivity contribution in [2.45, 2.75) is 18.3 Å². The molecule has 1 N–H and O–H groups in total. The van der Waals surface area contributed by atoms with Crippen molar-refractivity contribution in [3.63, 3.8) is 0 Å². The minimum absolute atomic E-state index is 0.532. The zero-order chi connectivity index (χ0) is 11.8. The van der Waals surface area contributed by atoms with Gasteiger partial charge in [0.15, 0.2) is 11.5 Å². The maximum Gasteiger partial charge on any atom is 0.314 e. The second-order valence-corrected chi connectivity index (χ2v) is 3.93. The van der Waals surface area contributed by atoms with Crippen LogP contribution in [0.3, 0.4) is 0 Å². The number of carboxylic acids is 1. The Hall–Kier alpha value is -1.71. The van der Waals surface area contributed by atoms with E-state index >= 15 is 0 Å². The number of para-hydroxylation sites is 1. The van der Waals surface area contributed by atoms with Gasteiger partial charge >= 0.3 is 5.97 Å². The Morgan fingerprint density at radius 3 is 2.44 bits per heavy atom. The van der Waals surface area contributed by atoms with Crippen molar-refractivity contribution in [3.05, 3.63) is 23.8 Å². The number of hydrogen-bond donors (Lipinski definition) is 1. The first-order chi connectivity index (χ1) is 7.65. The molecule has 0 aliphatic heterocycles. The molecule has 1 saturated carbocycles. The molecule has 4 heteroatoms. The molecule has 2 rings (SSSR count). The number of carboxylic acid groups (broad SMARTS) is 1. The molecule has 0 aromatic heterocycles. The molecule has 1 aliphatic carbocycles. The van der Waals surface area contributed by atoms with Crippen molar-refractivity contribution in [1.29, 1.82) is 0 Å². The first-order valence-electron chi connectivity index (χ1n) is 5.10. The van der Waals surface area contributed by atoms with E-state index in [0.717, 1.165) is 0 Å². The summed E-state index contributed by atoms with van der Waals surface area (Å²) in [5.41, 5.74) is -0.0540. The molecule has 0 bridgehead atoms. The summed E-state index contributed by atoms with van der Waals surface area (Å²) in [5, 5.41) is 9.24. The first-order valence-corrected chi connectivity index (χ1v) is 5.10. The Balaban J connectivity index is 2.53. The molecule has 86 valence electrons. The van der Waals surface area contributed by atoms with Gasteiger partial charge < -0.3 is 14.6 Å². The van der Waals surface area contributed by atoms with Crippen LogP contribution < -0.4 is 9.47 Å². The van der Waals surface area contributed by atoms with Crippen LogP contribution in [0.4, 0.5) is 0 Å². The molecular weight excluding hydrogens is 208 g/mol. The number of rotatable bonds is 4. The molecular formula is C12H14O4. The number of aliphatic carboxylic acids is 1. The molecule has 0 saturated heterocycles. The van der Waals surface area contributed by atoms with Crippen LogP contribution >= 0.6 is 0 Å². The summed E-state index contributed by atoms with van der Waals surface area (Å²) in [7, 11) is 3.07. The number of carbonyl (C=O) groups is 1. The van der Waals surface area contributed by atoms with Gasteiger partial charge in [0.05, 0.1) is 19.6 Å². The van der Waals surface area contributed by atoms with Crippen LogP contribution in [0, 0.1) is 0 Å². The van der Waals surface area contributed by atoms with Crippen LogP contribution in [0.2, 0.25) is 0 Å². The number of hydrogen-bond acceptors (Lipinski definition) is 3. The molecule has 1 aromatic rings. The van der Waals surface area contributed by atoms with Gasteiger partial charge in [0, 0.05) is 5.56 Å². The molecule has 0 spiro atoms. The Morgan fingerprint density at radius 2 is 2.00 bits per heavy atom. The summed E-state index contributed by atoms with van der Waals surface area (Å²) < 4.78 is 10.4. The fourth-order valence-electron chi connectivity index (χ4n) is 1.99. The lowest BCUT2D eigenvalue weighted by molar-refractivity contribution is -0.140. The zero-order valence-corrected chi connectivity index (χ0v) is 9.32. The van der Waals surface area contributed by atoms with Gasteiger partial charge in [-0.3, -0.25) is 4.79 Å². The van der Waals surface area contributed by atoms with E-state index in [-0.39, 0.29) is 0 Å². The van der Waals surface area contributed by atoms with Gasteiger partial charge in [0.2, 0.25) is 0 Å². The van der Waals surface area contributed by atoms with Crippen LogP contribution in [-0.2, 0) is 10.2 Å². The molecule has 1 aromatic carbocycles. The van der Waals surface area contributed by atoms with Crippen molar-refractivity contribution in [2.75, 3.05) is 14.2 Å². The summed E-state index contributed by atoms with van der Waals surface area (Å²) in [4.78, 5) is 11.3. The van der Waals surface area contributed by atoms with Crippen LogP contribution in [0.1, 0.15) is 18.4 Å². The Bertz CT molecular complexity index is 421. The van der Waals surface area contributed by atoms with Crippen LogP contribution in [0.5, 0.6) is 11.5 Å².